The normalized spacial score (nSPS) is 18.1. The lowest BCUT2D eigenvalue weighted by Gasteiger charge is -2.36. The van der Waals surface area contributed by atoms with Gasteiger partial charge in [-0.05, 0) is 52.6 Å². The molecule has 0 aliphatic carbocycles. The van der Waals surface area contributed by atoms with Crippen molar-refractivity contribution in [1.82, 2.24) is 9.80 Å². The van der Waals surface area contributed by atoms with Gasteiger partial charge in [0.1, 0.15) is 0 Å². The molecule has 112 valence electrons. The largest absolute Gasteiger partial charge is 0.341 e. The Hall–Kier alpha value is -0.610. The lowest BCUT2D eigenvalue weighted by Crippen LogP contribution is -2.53. The van der Waals surface area contributed by atoms with Gasteiger partial charge in [0.25, 0.3) is 0 Å². The molecule has 1 saturated heterocycles. The van der Waals surface area contributed by atoms with Crippen molar-refractivity contribution in [3.05, 3.63) is 0 Å². The molecular weight excluding hydrogens is 238 g/mol. The van der Waals surface area contributed by atoms with Crippen molar-refractivity contribution >= 4 is 5.91 Å². The van der Waals surface area contributed by atoms with Gasteiger partial charge in [0.05, 0.1) is 5.54 Å². The zero-order valence-electron chi connectivity index (χ0n) is 13.1. The van der Waals surface area contributed by atoms with Gasteiger partial charge in [0.2, 0.25) is 5.91 Å². The van der Waals surface area contributed by atoms with Crippen molar-refractivity contribution in [1.29, 1.82) is 0 Å². The van der Waals surface area contributed by atoms with E-state index in [9.17, 15) is 4.79 Å². The summed E-state index contributed by atoms with van der Waals surface area (Å²) in [4.78, 5) is 16.4. The molecule has 0 saturated carbocycles. The fourth-order valence-corrected chi connectivity index (χ4v) is 2.69. The second kappa shape index (κ2) is 7.25. The molecule has 4 heteroatoms. The average molecular weight is 269 g/mol. The van der Waals surface area contributed by atoms with Gasteiger partial charge in [-0.15, -0.1) is 0 Å². The van der Waals surface area contributed by atoms with Crippen LogP contribution in [0.25, 0.3) is 0 Å². The van der Waals surface area contributed by atoms with Crippen LogP contribution < -0.4 is 5.73 Å². The highest BCUT2D eigenvalue weighted by Crippen LogP contribution is 2.20. The zero-order valence-corrected chi connectivity index (χ0v) is 13.1. The summed E-state index contributed by atoms with van der Waals surface area (Å²) in [5, 5.41) is 0. The van der Waals surface area contributed by atoms with E-state index in [0.29, 0.717) is 0 Å². The van der Waals surface area contributed by atoms with E-state index in [1.165, 1.54) is 19.4 Å². The Morgan fingerprint density at radius 2 is 1.95 bits per heavy atom. The first-order valence-corrected chi connectivity index (χ1v) is 7.61. The number of nitrogens with two attached hydrogens (primary N) is 1. The maximum absolute atomic E-state index is 12.1. The number of carbonyl (C=O) groups is 1. The van der Waals surface area contributed by atoms with E-state index in [2.05, 4.69) is 18.9 Å². The first kappa shape index (κ1) is 16.4. The molecule has 0 aromatic rings. The van der Waals surface area contributed by atoms with E-state index in [4.69, 9.17) is 5.73 Å². The lowest BCUT2D eigenvalue weighted by molar-refractivity contribution is -0.137. The number of nitrogens with zero attached hydrogens (tertiary/aromatic N) is 2. The second-order valence-corrected chi connectivity index (χ2v) is 6.57. The summed E-state index contributed by atoms with van der Waals surface area (Å²) < 4.78 is 0. The van der Waals surface area contributed by atoms with Crippen LogP contribution in [0.4, 0.5) is 0 Å². The fraction of sp³-hybridized carbons (Fsp3) is 0.933. The number of amides is 1. The maximum atomic E-state index is 12.1. The van der Waals surface area contributed by atoms with E-state index >= 15 is 0 Å². The van der Waals surface area contributed by atoms with Gasteiger partial charge in [-0.25, -0.2) is 0 Å². The molecule has 2 N–H and O–H groups in total. The number of hydrogen-bond acceptors (Lipinski definition) is 3. The molecule has 0 spiro atoms. The Balaban J connectivity index is 2.31. The molecule has 0 aromatic heterocycles. The van der Waals surface area contributed by atoms with Crippen molar-refractivity contribution in [2.45, 2.75) is 52.0 Å². The topological polar surface area (TPSA) is 49.6 Å². The predicted molar refractivity (Wildman–Crippen MR) is 80.0 cm³/mol. The molecule has 0 aromatic carbocycles. The quantitative estimate of drug-likeness (QED) is 0.798. The van der Waals surface area contributed by atoms with Crippen LogP contribution in [-0.2, 0) is 4.79 Å². The highest BCUT2D eigenvalue weighted by Gasteiger charge is 2.30. The van der Waals surface area contributed by atoms with Crippen molar-refractivity contribution in [3.63, 3.8) is 0 Å². The number of likely N-dealkylation sites (tertiary alicyclic amines) is 1. The van der Waals surface area contributed by atoms with Crippen LogP contribution >= 0.6 is 0 Å². The highest BCUT2D eigenvalue weighted by molar-refractivity contribution is 5.85. The van der Waals surface area contributed by atoms with Gasteiger partial charge in [-0.3, -0.25) is 4.79 Å². The van der Waals surface area contributed by atoms with Gasteiger partial charge in [-0.2, -0.15) is 0 Å². The fourth-order valence-electron chi connectivity index (χ4n) is 2.69. The molecule has 1 rings (SSSR count). The molecule has 19 heavy (non-hydrogen) atoms. The van der Waals surface area contributed by atoms with E-state index < -0.39 is 5.54 Å². The second-order valence-electron chi connectivity index (χ2n) is 6.57. The summed E-state index contributed by atoms with van der Waals surface area (Å²) in [6.45, 7) is 9.89. The standard InChI is InChI=1S/C15H31N3O/c1-5-6-9-17(4)12-13-7-10-18(11-8-13)14(19)15(2,3)16/h13H,5-12,16H2,1-4H3. The Morgan fingerprint density at radius 3 is 2.42 bits per heavy atom. The average Bonchev–Trinajstić information content (AvgIpc) is 2.35. The molecule has 0 radical (unpaired) electrons. The van der Waals surface area contributed by atoms with Crippen LogP contribution in [0.15, 0.2) is 0 Å². The van der Waals surface area contributed by atoms with Crippen LogP contribution in [0.5, 0.6) is 0 Å². The number of unbranched alkanes of at least 4 members (excludes halogenated alkanes) is 1. The Kier molecular flexibility index (Phi) is 6.27. The Morgan fingerprint density at radius 1 is 1.37 bits per heavy atom. The molecule has 1 fully saturated rings. The molecular formula is C15H31N3O. The van der Waals surface area contributed by atoms with E-state index in [1.807, 2.05) is 4.90 Å². The zero-order chi connectivity index (χ0) is 14.5. The third kappa shape index (κ3) is 5.49. The van der Waals surface area contributed by atoms with Crippen LogP contribution in [0.2, 0.25) is 0 Å². The Bertz CT molecular complexity index is 278. The summed E-state index contributed by atoms with van der Waals surface area (Å²) >= 11 is 0. The van der Waals surface area contributed by atoms with Crippen molar-refractivity contribution in [2.24, 2.45) is 11.7 Å². The summed E-state index contributed by atoms with van der Waals surface area (Å²) in [5.74, 6) is 0.817. The SMILES string of the molecule is CCCCN(C)CC1CCN(C(=O)C(C)(C)N)CC1. The molecule has 0 unspecified atom stereocenters. The highest BCUT2D eigenvalue weighted by atomic mass is 16.2. The first-order chi connectivity index (χ1) is 8.84. The van der Waals surface area contributed by atoms with E-state index in [1.54, 1.807) is 13.8 Å². The van der Waals surface area contributed by atoms with Gasteiger partial charge in [0, 0.05) is 19.6 Å². The number of piperidine rings is 1. The number of hydrogen-bond donors (Lipinski definition) is 1. The van der Waals surface area contributed by atoms with Crippen LogP contribution in [0, 0.1) is 5.92 Å². The van der Waals surface area contributed by atoms with Crippen molar-refractivity contribution in [3.8, 4) is 0 Å². The van der Waals surface area contributed by atoms with Gasteiger partial charge in [-0.1, -0.05) is 13.3 Å². The third-order valence-electron chi connectivity index (χ3n) is 3.92. The molecule has 1 heterocycles. The minimum atomic E-state index is -0.731. The van der Waals surface area contributed by atoms with Crippen LogP contribution in [0.1, 0.15) is 46.5 Å². The van der Waals surface area contributed by atoms with Gasteiger partial charge in [0.15, 0.2) is 0 Å². The monoisotopic (exact) mass is 269 g/mol. The Labute approximate surface area is 118 Å². The van der Waals surface area contributed by atoms with Crippen molar-refractivity contribution < 1.29 is 4.79 Å². The van der Waals surface area contributed by atoms with Crippen molar-refractivity contribution in [2.75, 3.05) is 33.2 Å². The molecule has 0 bridgehead atoms. The van der Waals surface area contributed by atoms with E-state index in [-0.39, 0.29) is 5.91 Å². The number of rotatable bonds is 6. The summed E-state index contributed by atoms with van der Waals surface area (Å²) in [7, 11) is 2.20. The lowest BCUT2D eigenvalue weighted by atomic mass is 9.94. The smallest absolute Gasteiger partial charge is 0.242 e. The van der Waals surface area contributed by atoms with Gasteiger partial charge >= 0.3 is 0 Å². The predicted octanol–water partition coefficient (Wildman–Crippen LogP) is 1.69. The molecule has 1 aliphatic heterocycles. The maximum Gasteiger partial charge on any atom is 0.242 e. The first-order valence-electron chi connectivity index (χ1n) is 7.61. The number of carbonyl (C=O) groups excluding carboxylic acids is 1. The van der Waals surface area contributed by atoms with Crippen LogP contribution in [-0.4, -0.2) is 54.5 Å². The molecule has 1 aliphatic rings. The summed E-state index contributed by atoms with van der Waals surface area (Å²) in [6, 6.07) is 0. The van der Waals surface area contributed by atoms with Crippen LogP contribution in [0.3, 0.4) is 0 Å². The third-order valence-corrected chi connectivity index (χ3v) is 3.92. The van der Waals surface area contributed by atoms with Gasteiger partial charge < -0.3 is 15.5 Å². The minimum Gasteiger partial charge on any atom is -0.341 e. The molecule has 1 amide bonds. The minimum absolute atomic E-state index is 0.0882. The molecule has 4 nitrogen and oxygen atoms in total. The molecule has 0 atom stereocenters. The van der Waals surface area contributed by atoms with E-state index in [0.717, 1.165) is 38.4 Å². The summed E-state index contributed by atoms with van der Waals surface area (Å²) in [5.41, 5.74) is 5.15. The summed E-state index contributed by atoms with van der Waals surface area (Å²) in [6.07, 6.45) is 4.74.